The summed E-state index contributed by atoms with van der Waals surface area (Å²) in [5.74, 6) is -0.132. The van der Waals surface area contributed by atoms with E-state index in [1.54, 1.807) is 17.0 Å². The predicted octanol–water partition coefficient (Wildman–Crippen LogP) is 3.55. The first-order valence-electron chi connectivity index (χ1n) is 11.2. The zero-order valence-corrected chi connectivity index (χ0v) is 20.2. The molecule has 35 heavy (non-hydrogen) atoms. The number of ether oxygens (including phenoxy) is 1. The molecule has 5 rings (SSSR count). The van der Waals surface area contributed by atoms with Crippen LogP contribution >= 0.6 is 11.3 Å². The minimum absolute atomic E-state index is 0.132. The quantitative estimate of drug-likeness (QED) is 0.567. The third kappa shape index (κ3) is 4.73. The van der Waals surface area contributed by atoms with Crippen LogP contribution in [-0.2, 0) is 16.1 Å². The summed E-state index contributed by atoms with van der Waals surface area (Å²) in [6.45, 7) is 6.46. The highest BCUT2D eigenvalue weighted by Crippen LogP contribution is 2.41. The Bertz CT molecular complexity index is 1350. The molecule has 0 radical (unpaired) electrons. The lowest BCUT2D eigenvalue weighted by atomic mass is 9.78. The number of urea groups is 1. The van der Waals surface area contributed by atoms with Crippen molar-refractivity contribution in [1.29, 1.82) is 5.26 Å². The van der Waals surface area contributed by atoms with Crippen LogP contribution < -0.4 is 10.6 Å². The second kappa shape index (κ2) is 9.09. The van der Waals surface area contributed by atoms with Crippen LogP contribution in [0, 0.1) is 23.7 Å². The summed E-state index contributed by atoms with van der Waals surface area (Å²) in [4.78, 5) is 36.1. The molecule has 3 aromatic rings. The van der Waals surface area contributed by atoms with Gasteiger partial charge in [-0.1, -0.05) is 23.5 Å². The van der Waals surface area contributed by atoms with Crippen molar-refractivity contribution in [2.45, 2.75) is 20.4 Å². The van der Waals surface area contributed by atoms with Gasteiger partial charge in [-0.25, -0.2) is 9.78 Å². The molecule has 0 aliphatic carbocycles. The van der Waals surface area contributed by atoms with Gasteiger partial charge in [-0.2, -0.15) is 5.26 Å². The molecule has 2 aromatic heterocycles. The normalized spacial score (nSPS) is 15.6. The van der Waals surface area contributed by atoms with Crippen molar-refractivity contribution in [1.82, 2.24) is 20.2 Å². The van der Waals surface area contributed by atoms with Crippen LogP contribution in [0.2, 0.25) is 0 Å². The van der Waals surface area contributed by atoms with Gasteiger partial charge in [0.25, 0.3) is 0 Å². The third-order valence-corrected chi connectivity index (χ3v) is 7.07. The van der Waals surface area contributed by atoms with Gasteiger partial charge in [-0.15, -0.1) is 0 Å². The van der Waals surface area contributed by atoms with Crippen LogP contribution in [0.1, 0.15) is 23.9 Å². The zero-order chi connectivity index (χ0) is 24.6. The van der Waals surface area contributed by atoms with Crippen LogP contribution in [0.15, 0.2) is 36.4 Å². The van der Waals surface area contributed by atoms with E-state index in [9.17, 15) is 14.9 Å². The van der Waals surface area contributed by atoms with E-state index in [2.05, 4.69) is 21.7 Å². The number of hydrogen-bond donors (Lipinski definition) is 2. The molecule has 1 spiro atoms. The van der Waals surface area contributed by atoms with Crippen molar-refractivity contribution < 1.29 is 14.3 Å². The fourth-order valence-electron chi connectivity index (χ4n) is 4.33. The van der Waals surface area contributed by atoms with Crippen LogP contribution in [0.5, 0.6) is 0 Å². The highest BCUT2D eigenvalue weighted by molar-refractivity contribution is 7.19. The summed E-state index contributed by atoms with van der Waals surface area (Å²) >= 11 is 1.37. The maximum atomic E-state index is 12.8. The second-order valence-corrected chi connectivity index (χ2v) is 10.1. The van der Waals surface area contributed by atoms with Gasteiger partial charge in [-0.05, 0) is 36.8 Å². The van der Waals surface area contributed by atoms with Gasteiger partial charge in [-0.3, -0.25) is 15.1 Å². The molecule has 10 heteroatoms. The number of rotatable bonds is 5. The summed E-state index contributed by atoms with van der Waals surface area (Å²) in [6.07, 6.45) is 0. The number of anilines is 1. The van der Waals surface area contributed by atoms with Gasteiger partial charge >= 0.3 is 6.03 Å². The van der Waals surface area contributed by atoms with Crippen molar-refractivity contribution in [3.8, 4) is 27.8 Å². The van der Waals surface area contributed by atoms with E-state index in [1.165, 1.54) is 18.3 Å². The Hall–Kier alpha value is -3.81. The first-order valence-corrected chi connectivity index (χ1v) is 12.0. The number of likely N-dealkylation sites (tertiary alicyclic amines) is 1. The lowest BCUT2D eigenvalue weighted by Crippen LogP contribution is -2.67. The summed E-state index contributed by atoms with van der Waals surface area (Å²) in [6, 6.07) is 13.1. The number of pyridine rings is 1. The molecule has 4 heterocycles. The Balaban J connectivity index is 1.48. The highest BCUT2D eigenvalue weighted by Gasteiger charge is 2.50. The van der Waals surface area contributed by atoms with Crippen molar-refractivity contribution in [2.75, 3.05) is 31.6 Å². The van der Waals surface area contributed by atoms with Gasteiger partial charge in [0.1, 0.15) is 0 Å². The third-order valence-electron chi connectivity index (χ3n) is 6.05. The minimum Gasteiger partial charge on any atom is -0.380 e. The zero-order valence-electron chi connectivity index (χ0n) is 19.4. The highest BCUT2D eigenvalue weighted by atomic mass is 32.1. The maximum absolute atomic E-state index is 12.8. The monoisotopic (exact) mass is 488 g/mol. The number of aromatic nitrogens is 2. The topological polar surface area (TPSA) is 120 Å². The van der Waals surface area contributed by atoms with E-state index in [1.807, 2.05) is 31.2 Å². The second-order valence-electron chi connectivity index (χ2n) is 9.07. The van der Waals surface area contributed by atoms with E-state index in [0.29, 0.717) is 49.2 Å². The predicted molar refractivity (Wildman–Crippen MR) is 132 cm³/mol. The standard InChI is InChI=1S/C25H24N6O3S/c1-15-6-19(8-20(28-15)10-27-16(2)32)22-21(18-5-3-4-17(7-18)9-26)29-23(35-22)30-24(33)31-11-25(12-31)13-34-14-25/h3-8H,10-14H2,1-2H3,(H,27,32)(H,29,30,33). The molecule has 2 aliphatic heterocycles. The van der Waals surface area contributed by atoms with E-state index < -0.39 is 0 Å². The van der Waals surface area contributed by atoms with Crippen molar-refractivity contribution in [2.24, 2.45) is 5.41 Å². The molecule has 0 saturated carbocycles. The molecule has 2 saturated heterocycles. The Morgan fingerprint density at radius 2 is 2.00 bits per heavy atom. The fourth-order valence-corrected chi connectivity index (χ4v) is 5.29. The molecule has 178 valence electrons. The maximum Gasteiger partial charge on any atom is 0.323 e. The molecular formula is C25H24N6O3S. The van der Waals surface area contributed by atoms with E-state index in [4.69, 9.17) is 9.72 Å². The number of hydrogen-bond acceptors (Lipinski definition) is 7. The number of nitrogens with zero attached hydrogens (tertiary/aromatic N) is 4. The number of nitriles is 1. The molecule has 1 aromatic carbocycles. The number of aryl methyl sites for hydroxylation is 1. The lowest BCUT2D eigenvalue weighted by Gasteiger charge is -2.54. The number of nitrogens with one attached hydrogen (secondary N) is 2. The molecule has 9 nitrogen and oxygen atoms in total. The van der Waals surface area contributed by atoms with Crippen LogP contribution in [0.25, 0.3) is 21.7 Å². The van der Waals surface area contributed by atoms with Gasteiger partial charge in [0.05, 0.1) is 53.1 Å². The van der Waals surface area contributed by atoms with Gasteiger partial charge in [0.15, 0.2) is 5.13 Å². The van der Waals surface area contributed by atoms with Gasteiger partial charge in [0, 0.05) is 31.3 Å². The molecule has 0 atom stereocenters. The lowest BCUT2D eigenvalue weighted by molar-refractivity contribution is -0.174. The van der Waals surface area contributed by atoms with E-state index >= 15 is 0 Å². The first-order chi connectivity index (χ1) is 16.8. The Morgan fingerprint density at radius 1 is 1.20 bits per heavy atom. The van der Waals surface area contributed by atoms with Crippen molar-refractivity contribution in [3.05, 3.63) is 53.3 Å². The number of benzene rings is 1. The van der Waals surface area contributed by atoms with E-state index in [-0.39, 0.29) is 17.4 Å². The summed E-state index contributed by atoms with van der Waals surface area (Å²) < 4.78 is 5.29. The van der Waals surface area contributed by atoms with Crippen LogP contribution in [0.4, 0.5) is 9.93 Å². The van der Waals surface area contributed by atoms with Gasteiger partial charge < -0.3 is 15.0 Å². The van der Waals surface area contributed by atoms with Gasteiger partial charge in [0.2, 0.25) is 5.91 Å². The Kier molecular flexibility index (Phi) is 5.96. The number of carbonyl (C=O) groups is 2. The molecule has 0 bridgehead atoms. The summed E-state index contributed by atoms with van der Waals surface area (Å²) in [5.41, 5.74) is 4.51. The van der Waals surface area contributed by atoms with E-state index in [0.717, 1.165) is 27.4 Å². The fraction of sp³-hybridized carbons (Fsp3) is 0.320. The minimum atomic E-state index is -0.183. The first kappa shape index (κ1) is 23.0. The SMILES string of the molecule is CC(=O)NCc1cc(-c2sc(NC(=O)N3CC4(COC4)C3)nc2-c2cccc(C#N)c2)cc(C)n1. The Labute approximate surface area is 206 Å². The van der Waals surface area contributed by atoms with Crippen LogP contribution in [0.3, 0.4) is 0 Å². The molecule has 3 amide bonds. The molecular weight excluding hydrogens is 464 g/mol. The molecule has 0 unspecified atom stereocenters. The summed E-state index contributed by atoms with van der Waals surface area (Å²) in [5, 5.41) is 15.6. The molecule has 2 N–H and O–H groups in total. The average Bonchev–Trinajstić information content (AvgIpc) is 3.19. The smallest absolute Gasteiger partial charge is 0.323 e. The Morgan fingerprint density at radius 3 is 2.69 bits per heavy atom. The summed E-state index contributed by atoms with van der Waals surface area (Å²) in [7, 11) is 0. The van der Waals surface area contributed by atoms with Crippen molar-refractivity contribution in [3.63, 3.8) is 0 Å². The van der Waals surface area contributed by atoms with Crippen molar-refractivity contribution >= 4 is 28.4 Å². The largest absolute Gasteiger partial charge is 0.380 e. The molecule has 2 fully saturated rings. The number of carbonyl (C=O) groups excluding carboxylic acids is 2. The number of thiazole rings is 1. The number of amides is 3. The molecule has 2 aliphatic rings. The average molecular weight is 489 g/mol. The van der Waals surface area contributed by atoms with Crippen LogP contribution in [-0.4, -0.2) is 53.1 Å².